The van der Waals surface area contributed by atoms with Gasteiger partial charge in [-0.05, 0) is 90.3 Å². The van der Waals surface area contributed by atoms with E-state index in [4.69, 9.17) is 8.92 Å². The molecule has 0 atom stereocenters. The molecular weight excluding hydrogens is 584 g/mol. The molecule has 2 aromatic carbocycles. The molecule has 0 spiro atoms. The summed E-state index contributed by atoms with van der Waals surface area (Å²) in [5, 5.41) is -0.517. The summed E-state index contributed by atoms with van der Waals surface area (Å²) in [6, 6.07) is 9.34. The molecule has 37 heavy (non-hydrogen) atoms. The van der Waals surface area contributed by atoms with E-state index in [9.17, 15) is 22.8 Å². The Morgan fingerprint density at radius 3 is 2.46 bits per heavy atom. The lowest BCUT2D eigenvalue weighted by atomic mass is 10.2. The minimum absolute atomic E-state index is 0.00585. The van der Waals surface area contributed by atoms with Crippen molar-refractivity contribution < 1.29 is 31.7 Å². The Hall–Kier alpha value is -2.83. The summed E-state index contributed by atoms with van der Waals surface area (Å²) >= 11 is 4.09. The standard InChI is InChI=1S/C25H25BrN2O7S2/c1-3-34-20-13-17(12-19(26)23(20)35-37(32,33)18-8-6-16(2)7-9-18)14-21-24(30)28(25(31)36-21)15-22(29)27-10-4-5-11-27/h6-9,12-14H,3-5,10-11,15H2,1-2H3/b21-14-. The van der Waals surface area contributed by atoms with Crippen LogP contribution in [-0.4, -0.2) is 61.5 Å². The number of rotatable bonds is 8. The average Bonchev–Trinajstić information content (AvgIpc) is 3.47. The van der Waals surface area contributed by atoms with Gasteiger partial charge in [-0.15, -0.1) is 0 Å². The van der Waals surface area contributed by atoms with Crippen LogP contribution < -0.4 is 8.92 Å². The molecule has 2 fully saturated rings. The van der Waals surface area contributed by atoms with E-state index in [-0.39, 0.29) is 44.8 Å². The molecule has 3 amide bonds. The van der Waals surface area contributed by atoms with Gasteiger partial charge in [0, 0.05) is 13.1 Å². The van der Waals surface area contributed by atoms with Crippen LogP contribution in [0.15, 0.2) is 50.7 Å². The van der Waals surface area contributed by atoms with Crippen LogP contribution >= 0.6 is 27.7 Å². The normalized spacial score (nSPS) is 17.1. The Labute approximate surface area is 228 Å². The van der Waals surface area contributed by atoms with E-state index >= 15 is 0 Å². The fourth-order valence-corrected chi connectivity index (χ4v) is 6.31. The number of carbonyl (C=O) groups excluding carboxylic acids is 3. The molecule has 2 saturated heterocycles. The highest BCUT2D eigenvalue weighted by Gasteiger charge is 2.37. The molecule has 0 aliphatic carbocycles. The Morgan fingerprint density at radius 2 is 1.81 bits per heavy atom. The first-order valence-corrected chi connectivity index (χ1v) is 14.6. The molecule has 0 bridgehead atoms. The van der Waals surface area contributed by atoms with Crippen LogP contribution in [0.5, 0.6) is 11.5 Å². The first-order chi connectivity index (χ1) is 17.6. The first-order valence-electron chi connectivity index (χ1n) is 11.6. The number of hydrogen-bond donors (Lipinski definition) is 0. The van der Waals surface area contributed by atoms with Crippen molar-refractivity contribution in [1.29, 1.82) is 0 Å². The van der Waals surface area contributed by atoms with E-state index in [1.54, 1.807) is 30.0 Å². The van der Waals surface area contributed by atoms with E-state index in [1.807, 2.05) is 6.92 Å². The fourth-order valence-electron chi connectivity index (χ4n) is 3.87. The zero-order valence-electron chi connectivity index (χ0n) is 20.2. The summed E-state index contributed by atoms with van der Waals surface area (Å²) in [6.45, 7) is 4.79. The molecule has 4 rings (SSSR count). The predicted molar refractivity (Wildman–Crippen MR) is 143 cm³/mol. The second-order valence-electron chi connectivity index (χ2n) is 8.47. The van der Waals surface area contributed by atoms with Crippen molar-refractivity contribution >= 4 is 60.9 Å². The van der Waals surface area contributed by atoms with Gasteiger partial charge in [0.05, 0.1) is 16.0 Å². The molecule has 9 nitrogen and oxygen atoms in total. The van der Waals surface area contributed by atoms with Crippen molar-refractivity contribution in [2.45, 2.75) is 31.6 Å². The van der Waals surface area contributed by atoms with Crippen LogP contribution in [0.3, 0.4) is 0 Å². The second-order valence-corrected chi connectivity index (χ2v) is 11.9. The number of hydrogen-bond acceptors (Lipinski definition) is 8. The molecule has 2 aromatic rings. The van der Waals surface area contributed by atoms with Crippen molar-refractivity contribution in [3.63, 3.8) is 0 Å². The van der Waals surface area contributed by atoms with Gasteiger partial charge in [0.1, 0.15) is 11.4 Å². The summed E-state index contributed by atoms with van der Waals surface area (Å²) in [4.78, 5) is 40.6. The summed E-state index contributed by atoms with van der Waals surface area (Å²) in [5.74, 6) is -0.705. The fraction of sp³-hybridized carbons (Fsp3) is 0.320. The third kappa shape index (κ3) is 6.19. The Bertz CT molecular complexity index is 1370. The molecule has 12 heteroatoms. The largest absolute Gasteiger partial charge is 0.490 e. The lowest BCUT2D eigenvalue weighted by Gasteiger charge is -2.18. The van der Waals surface area contributed by atoms with Crippen molar-refractivity contribution in [2.24, 2.45) is 0 Å². The Balaban J connectivity index is 1.58. The molecule has 0 aromatic heterocycles. The van der Waals surface area contributed by atoms with E-state index in [0.29, 0.717) is 18.7 Å². The van der Waals surface area contributed by atoms with Gasteiger partial charge in [0.25, 0.3) is 11.1 Å². The lowest BCUT2D eigenvalue weighted by Crippen LogP contribution is -2.40. The second kappa shape index (κ2) is 11.3. The summed E-state index contributed by atoms with van der Waals surface area (Å²) in [6.07, 6.45) is 3.32. The third-order valence-electron chi connectivity index (χ3n) is 5.76. The smallest absolute Gasteiger partial charge is 0.339 e. The van der Waals surface area contributed by atoms with Crippen molar-refractivity contribution in [1.82, 2.24) is 9.80 Å². The maximum absolute atomic E-state index is 12.9. The molecular formula is C25H25BrN2O7S2. The highest BCUT2D eigenvalue weighted by Crippen LogP contribution is 2.40. The van der Waals surface area contributed by atoms with Crippen molar-refractivity contribution in [3.8, 4) is 11.5 Å². The summed E-state index contributed by atoms with van der Waals surface area (Å²) < 4.78 is 37.0. The number of likely N-dealkylation sites (tertiary alicyclic amines) is 1. The number of amides is 3. The van der Waals surface area contributed by atoms with Gasteiger partial charge in [0.15, 0.2) is 11.5 Å². The zero-order chi connectivity index (χ0) is 26.7. The minimum Gasteiger partial charge on any atom is -0.490 e. The number of ether oxygens (including phenoxy) is 1. The molecule has 0 N–H and O–H groups in total. The summed E-state index contributed by atoms with van der Waals surface area (Å²) in [5.41, 5.74) is 1.39. The number of halogens is 1. The maximum Gasteiger partial charge on any atom is 0.339 e. The molecule has 0 radical (unpaired) electrons. The van der Waals surface area contributed by atoms with E-state index in [0.717, 1.165) is 35.1 Å². The van der Waals surface area contributed by atoms with Gasteiger partial charge in [-0.3, -0.25) is 19.3 Å². The first kappa shape index (κ1) is 27.2. The van der Waals surface area contributed by atoms with E-state index < -0.39 is 21.3 Å². The molecule has 2 aliphatic heterocycles. The number of benzene rings is 2. The molecule has 196 valence electrons. The SMILES string of the molecule is CCOc1cc(/C=C2\SC(=O)N(CC(=O)N3CCCC3)C2=O)cc(Br)c1OS(=O)(=O)c1ccc(C)cc1. The van der Waals surface area contributed by atoms with Crippen LogP contribution in [0, 0.1) is 6.92 Å². The number of carbonyl (C=O) groups is 3. The number of imide groups is 1. The molecule has 2 aliphatic rings. The minimum atomic E-state index is -4.14. The molecule has 0 saturated carbocycles. The predicted octanol–water partition coefficient (Wildman–Crippen LogP) is 4.58. The van der Waals surface area contributed by atoms with E-state index in [1.165, 1.54) is 24.3 Å². The highest BCUT2D eigenvalue weighted by atomic mass is 79.9. The monoisotopic (exact) mass is 608 g/mol. The number of nitrogens with zero attached hydrogens (tertiary/aromatic N) is 2. The Morgan fingerprint density at radius 1 is 1.14 bits per heavy atom. The topological polar surface area (TPSA) is 110 Å². The van der Waals surface area contributed by atoms with Crippen LogP contribution in [0.4, 0.5) is 4.79 Å². The number of aryl methyl sites for hydroxylation is 1. The van der Waals surface area contributed by atoms with Crippen molar-refractivity contribution in [3.05, 3.63) is 56.9 Å². The third-order valence-corrected chi connectivity index (χ3v) is 8.49. The van der Waals surface area contributed by atoms with Gasteiger partial charge >= 0.3 is 10.1 Å². The van der Waals surface area contributed by atoms with Gasteiger partial charge < -0.3 is 13.8 Å². The van der Waals surface area contributed by atoms with Crippen LogP contribution in [0.1, 0.15) is 30.9 Å². The Kier molecular flexibility index (Phi) is 8.29. The number of thioether (sulfide) groups is 1. The van der Waals surface area contributed by atoms with Crippen molar-refractivity contribution in [2.75, 3.05) is 26.2 Å². The molecule has 2 heterocycles. The van der Waals surface area contributed by atoms with Crippen LogP contribution in [-0.2, 0) is 19.7 Å². The van der Waals surface area contributed by atoms with Crippen LogP contribution in [0.25, 0.3) is 6.08 Å². The van der Waals surface area contributed by atoms with Gasteiger partial charge in [-0.2, -0.15) is 8.42 Å². The van der Waals surface area contributed by atoms with E-state index in [2.05, 4.69) is 15.9 Å². The molecule has 0 unspecified atom stereocenters. The van der Waals surface area contributed by atoms with Gasteiger partial charge in [0.2, 0.25) is 5.91 Å². The maximum atomic E-state index is 12.9. The quantitative estimate of drug-likeness (QED) is 0.316. The summed E-state index contributed by atoms with van der Waals surface area (Å²) in [7, 11) is -4.14. The average molecular weight is 610 g/mol. The van der Waals surface area contributed by atoms with Crippen LogP contribution in [0.2, 0.25) is 0 Å². The van der Waals surface area contributed by atoms with Gasteiger partial charge in [-0.25, -0.2) is 0 Å². The lowest BCUT2D eigenvalue weighted by molar-refractivity contribution is -0.135. The highest BCUT2D eigenvalue weighted by molar-refractivity contribution is 9.10. The van der Waals surface area contributed by atoms with Gasteiger partial charge in [-0.1, -0.05) is 17.7 Å². The zero-order valence-corrected chi connectivity index (χ0v) is 23.4.